The largest absolute Gasteiger partial charge is 0.224 e. The molecule has 0 amide bonds. The lowest BCUT2D eigenvalue weighted by molar-refractivity contribution is 0.596. The van der Waals surface area contributed by atoms with Gasteiger partial charge in [0.25, 0.3) is 0 Å². The highest BCUT2D eigenvalue weighted by Gasteiger charge is 2.15. The molecule has 0 fully saturated rings. The summed E-state index contributed by atoms with van der Waals surface area (Å²) >= 11 is 1.34. The van der Waals surface area contributed by atoms with E-state index in [2.05, 4.69) is 15.5 Å². The predicted octanol–water partition coefficient (Wildman–Crippen LogP) is 2.29. The average molecular weight is 360 g/mol. The van der Waals surface area contributed by atoms with Crippen LogP contribution >= 0.6 is 11.8 Å². The van der Waals surface area contributed by atoms with Crippen LogP contribution in [-0.4, -0.2) is 40.1 Å². The summed E-state index contributed by atoms with van der Waals surface area (Å²) in [4.78, 5) is 0.342. The van der Waals surface area contributed by atoms with Gasteiger partial charge in [0.1, 0.15) is 0 Å². The van der Waals surface area contributed by atoms with Crippen LogP contribution < -0.4 is 0 Å². The summed E-state index contributed by atoms with van der Waals surface area (Å²) in [6, 6.07) is 18.3. The Balaban J connectivity index is 1.61. The summed E-state index contributed by atoms with van der Waals surface area (Å²) in [5, 5.41) is 12.2. The molecule has 0 aliphatic rings. The Labute approximate surface area is 144 Å². The van der Waals surface area contributed by atoms with E-state index in [0.29, 0.717) is 22.3 Å². The molecule has 0 aliphatic heterocycles. The van der Waals surface area contributed by atoms with Gasteiger partial charge in [0, 0.05) is 5.75 Å². The molecule has 2 aromatic carbocycles. The maximum atomic E-state index is 12.3. The van der Waals surface area contributed by atoms with Crippen molar-refractivity contribution in [1.29, 1.82) is 0 Å². The summed E-state index contributed by atoms with van der Waals surface area (Å²) in [7, 11) is -3.28. The van der Waals surface area contributed by atoms with E-state index < -0.39 is 9.84 Å². The first-order valence-corrected chi connectivity index (χ1v) is 10.00. The molecule has 0 bridgehead atoms. The van der Waals surface area contributed by atoms with E-state index in [1.165, 1.54) is 11.8 Å². The van der Waals surface area contributed by atoms with Crippen LogP contribution in [0.3, 0.4) is 0 Å². The van der Waals surface area contributed by atoms with Gasteiger partial charge in [-0.2, -0.15) is 0 Å². The number of sulfone groups is 1. The molecule has 3 aromatic rings. The fraction of sp³-hybridized carbons (Fsp3) is 0.188. The number of hydrogen-bond acceptors (Lipinski definition) is 6. The molecule has 0 aliphatic carbocycles. The molecule has 0 saturated heterocycles. The van der Waals surface area contributed by atoms with E-state index in [1.54, 1.807) is 35.0 Å². The van der Waals surface area contributed by atoms with Gasteiger partial charge in [-0.3, -0.25) is 0 Å². The van der Waals surface area contributed by atoms with Crippen LogP contribution in [0.1, 0.15) is 5.56 Å². The Morgan fingerprint density at radius 3 is 2.33 bits per heavy atom. The lowest BCUT2D eigenvalue weighted by Crippen LogP contribution is -2.10. The molecule has 24 heavy (non-hydrogen) atoms. The third-order valence-electron chi connectivity index (χ3n) is 3.36. The van der Waals surface area contributed by atoms with E-state index in [9.17, 15) is 8.42 Å². The zero-order valence-electron chi connectivity index (χ0n) is 12.8. The highest BCUT2D eigenvalue weighted by Crippen LogP contribution is 2.18. The molecule has 1 aromatic heterocycles. The standard InChI is InChI=1S/C16H16N4O2S2/c21-24(22,15-9-5-2-6-10-15)12-11-23-16-17-18-19-20(16)13-14-7-3-1-4-8-14/h1-10H,11-13H2. The van der Waals surface area contributed by atoms with E-state index in [4.69, 9.17) is 0 Å². The zero-order chi connectivity index (χ0) is 16.8. The van der Waals surface area contributed by atoms with Crippen molar-refractivity contribution >= 4 is 21.6 Å². The van der Waals surface area contributed by atoms with Gasteiger partial charge in [-0.25, -0.2) is 13.1 Å². The number of aromatic nitrogens is 4. The molecule has 124 valence electrons. The average Bonchev–Trinajstić information content (AvgIpc) is 3.03. The molecule has 3 rings (SSSR count). The van der Waals surface area contributed by atoms with Crippen LogP contribution in [-0.2, 0) is 16.4 Å². The van der Waals surface area contributed by atoms with Gasteiger partial charge in [-0.05, 0) is 28.1 Å². The van der Waals surface area contributed by atoms with Crippen LogP contribution in [0, 0.1) is 0 Å². The van der Waals surface area contributed by atoms with Gasteiger partial charge >= 0.3 is 0 Å². The molecule has 0 saturated carbocycles. The lowest BCUT2D eigenvalue weighted by Gasteiger charge is -2.05. The molecular formula is C16H16N4O2S2. The lowest BCUT2D eigenvalue weighted by atomic mass is 10.2. The molecule has 0 unspecified atom stereocenters. The van der Waals surface area contributed by atoms with Crippen molar-refractivity contribution in [3.8, 4) is 0 Å². The van der Waals surface area contributed by atoms with Crippen molar-refractivity contribution in [1.82, 2.24) is 20.2 Å². The quantitative estimate of drug-likeness (QED) is 0.602. The Morgan fingerprint density at radius 1 is 0.958 bits per heavy atom. The van der Waals surface area contributed by atoms with Crippen molar-refractivity contribution in [3.63, 3.8) is 0 Å². The topological polar surface area (TPSA) is 77.7 Å². The molecule has 0 N–H and O–H groups in total. The van der Waals surface area contributed by atoms with Crippen molar-refractivity contribution in [2.75, 3.05) is 11.5 Å². The zero-order valence-corrected chi connectivity index (χ0v) is 14.4. The van der Waals surface area contributed by atoms with Crippen LogP contribution in [0.2, 0.25) is 0 Å². The minimum absolute atomic E-state index is 0.0415. The molecule has 0 atom stereocenters. The van der Waals surface area contributed by atoms with Gasteiger partial charge in [0.2, 0.25) is 5.16 Å². The fourth-order valence-electron chi connectivity index (χ4n) is 2.14. The second-order valence-electron chi connectivity index (χ2n) is 5.09. The van der Waals surface area contributed by atoms with Crippen molar-refractivity contribution in [2.45, 2.75) is 16.6 Å². The van der Waals surface area contributed by atoms with Gasteiger partial charge in [0.05, 0.1) is 17.2 Å². The minimum atomic E-state index is -3.28. The summed E-state index contributed by atoms with van der Waals surface area (Å²) < 4.78 is 26.2. The Hall–Kier alpha value is -2.19. The van der Waals surface area contributed by atoms with Crippen LogP contribution in [0.4, 0.5) is 0 Å². The van der Waals surface area contributed by atoms with Crippen molar-refractivity contribution in [2.24, 2.45) is 0 Å². The highest BCUT2D eigenvalue weighted by molar-refractivity contribution is 8.00. The van der Waals surface area contributed by atoms with Gasteiger partial charge in [0.15, 0.2) is 9.84 Å². The van der Waals surface area contributed by atoms with Crippen LogP contribution in [0.15, 0.2) is 70.7 Å². The van der Waals surface area contributed by atoms with E-state index in [1.807, 2.05) is 30.3 Å². The number of hydrogen-bond donors (Lipinski definition) is 0. The minimum Gasteiger partial charge on any atom is -0.224 e. The Bertz CT molecular complexity index is 881. The third-order valence-corrected chi connectivity index (χ3v) is 6.31. The fourth-order valence-corrected chi connectivity index (χ4v) is 4.69. The molecule has 0 radical (unpaired) electrons. The normalized spacial score (nSPS) is 11.5. The second-order valence-corrected chi connectivity index (χ2v) is 8.26. The van der Waals surface area contributed by atoms with E-state index in [-0.39, 0.29) is 5.75 Å². The first-order chi connectivity index (χ1) is 11.6. The number of tetrazole rings is 1. The smallest absolute Gasteiger partial charge is 0.209 e. The maximum absolute atomic E-state index is 12.3. The Kier molecular flexibility index (Phi) is 5.27. The van der Waals surface area contributed by atoms with Crippen LogP contribution in [0.25, 0.3) is 0 Å². The van der Waals surface area contributed by atoms with Gasteiger partial charge in [-0.1, -0.05) is 60.3 Å². The van der Waals surface area contributed by atoms with Gasteiger partial charge in [-0.15, -0.1) is 5.10 Å². The van der Waals surface area contributed by atoms with Crippen LogP contribution in [0.5, 0.6) is 0 Å². The maximum Gasteiger partial charge on any atom is 0.209 e. The monoisotopic (exact) mass is 360 g/mol. The summed E-state index contributed by atoms with van der Waals surface area (Å²) in [6.07, 6.45) is 0. The summed E-state index contributed by atoms with van der Waals surface area (Å²) in [5.74, 6) is 0.437. The number of nitrogens with zero attached hydrogens (tertiary/aromatic N) is 4. The number of rotatable bonds is 7. The van der Waals surface area contributed by atoms with Gasteiger partial charge < -0.3 is 0 Å². The SMILES string of the molecule is O=S(=O)(CCSc1nnnn1Cc1ccccc1)c1ccccc1. The number of thioether (sulfide) groups is 1. The first kappa shape index (κ1) is 16.7. The number of benzene rings is 2. The predicted molar refractivity (Wildman–Crippen MR) is 92.6 cm³/mol. The summed E-state index contributed by atoms with van der Waals surface area (Å²) in [5.41, 5.74) is 1.09. The molecule has 0 spiro atoms. The molecule has 6 nitrogen and oxygen atoms in total. The van der Waals surface area contributed by atoms with Crippen molar-refractivity contribution in [3.05, 3.63) is 66.2 Å². The third kappa shape index (κ3) is 4.21. The highest BCUT2D eigenvalue weighted by atomic mass is 32.2. The molecule has 8 heteroatoms. The first-order valence-electron chi connectivity index (χ1n) is 7.36. The molecule has 1 heterocycles. The molecular weight excluding hydrogens is 344 g/mol. The summed E-state index contributed by atoms with van der Waals surface area (Å²) in [6.45, 7) is 0.557. The van der Waals surface area contributed by atoms with E-state index >= 15 is 0 Å². The van der Waals surface area contributed by atoms with E-state index in [0.717, 1.165) is 5.56 Å². The second kappa shape index (κ2) is 7.59. The Morgan fingerprint density at radius 2 is 1.62 bits per heavy atom. The van der Waals surface area contributed by atoms with Crippen molar-refractivity contribution < 1.29 is 8.42 Å².